The minimum absolute atomic E-state index is 0.0365. The first-order valence-electron chi connectivity index (χ1n) is 10.8. The molecule has 168 valence electrons. The monoisotopic (exact) mass is 453 g/mol. The number of amides is 1. The highest BCUT2D eigenvalue weighted by molar-refractivity contribution is 7.89. The largest absolute Gasteiger partial charge is 0.460 e. The zero-order valence-electron chi connectivity index (χ0n) is 18.3. The SMILES string of the molecule is CC1=CC[C@]2(C(=O)OCc3ccccc3)C(=O)N(S(=O)(=O)c3ccc(C)cc3)CC[C@@H]2C1. The highest BCUT2D eigenvalue weighted by Crippen LogP contribution is 2.48. The second-order valence-corrected chi connectivity index (χ2v) is 10.5. The number of carbonyl (C=O) groups is 2. The third-order valence-electron chi connectivity index (χ3n) is 6.51. The summed E-state index contributed by atoms with van der Waals surface area (Å²) in [5, 5.41) is 0. The van der Waals surface area contributed by atoms with Gasteiger partial charge in [0, 0.05) is 6.54 Å². The van der Waals surface area contributed by atoms with Gasteiger partial charge in [0.25, 0.3) is 15.9 Å². The fraction of sp³-hybridized carbons (Fsp3) is 0.360. The molecule has 1 aliphatic heterocycles. The molecule has 0 bridgehead atoms. The number of carbonyl (C=O) groups excluding carboxylic acids is 2. The molecule has 1 amide bonds. The number of rotatable bonds is 5. The molecule has 0 radical (unpaired) electrons. The van der Waals surface area contributed by atoms with E-state index in [1.54, 1.807) is 12.1 Å². The molecule has 1 saturated heterocycles. The summed E-state index contributed by atoms with van der Waals surface area (Å²) in [6.07, 6.45) is 3.00. The van der Waals surface area contributed by atoms with Crippen LogP contribution in [0.1, 0.15) is 37.3 Å². The minimum atomic E-state index is -4.08. The molecule has 1 fully saturated rings. The van der Waals surface area contributed by atoms with Crippen LogP contribution >= 0.6 is 0 Å². The molecule has 7 heteroatoms. The molecule has 2 aliphatic rings. The number of piperidine rings is 1. The molecule has 1 aliphatic carbocycles. The van der Waals surface area contributed by atoms with E-state index >= 15 is 0 Å². The first kappa shape index (κ1) is 22.3. The molecule has 0 unspecified atom stereocenters. The van der Waals surface area contributed by atoms with Crippen LogP contribution in [0, 0.1) is 18.3 Å². The van der Waals surface area contributed by atoms with Crippen LogP contribution < -0.4 is 0 Å². The van der Waals surface area contributed by atoms with Gasteiger partial charge in [0.1, 0.15) is 6.61 Å². The molecule has 1 heterocycles. The lowest BCUT2D eigenvalue weighted by Gasteiger charge is -2.46. The number of ether oxygens (including phenoxy) is 1. The van der Waals surface area contributed by atoms with Crippen molar-refractivity contribution in [2.45, 2.75) is 44.6 Å². The van der Waals surface area contributed by atoms with Crippen molar-refractivity contribution in [1.29, 1.82) is 0 Å². The second-order valence-electron chi connectivity index (χ2n) is 8.67. The number of fused-ring (bicyclic) bond motifs is 1. The van der Waals surface area contributed by atoms with E-state index in [2.05, 4.69) is 0 Å². The topological polar surface area (TPSA) is 80.8 Å². The van der Waals surface area contributed by atoms with Gasteiger partial charge in [0.2, 0.25) is 0 Å². The lowest BCUT2D eigenvalue weighted by molar-refractivity contribution is -0.172. The van der Waals surface area contributed by atoms with Gasteiger partial charge in [-0.1, -0.05) is 59.7 Å². The zero-order valence-corrected chi connectivity index (χ0v) is 19.1. The highest BCUT2D eigenvalue weighted by atomic mass is 32.2. The number of benzene rings is 2. The van der Waals surface area contributed by atoms with Crippen LogP contribution in [0.25, 0.3) is 0 Å². The van der Waals surface area contributed by atoms with Gasteiger partial charge in [-0.05, 0) is 56.7 Å². The smallest absolute Gasteiger partial charge is 0.322 e. The summed E-state index contributed by atoms with van der Waals surface area (Å²) in [5.74, 6) is -1.62. The Labute approximate surface area is 188 Å². The van der Waals surface area contributed by atoms with Crippen LogP contribution in [0.4, 0.5) is 0 Å². The summed E-state index contributed by atoms with van der Waals surface area (Å²) >= 11 is 0. The van der Waals surface area contributed by atoms with Gasteiger partial charge < -0.3 is 4.74 Å². The van der Waals surface area contributed by atoms with E-state index in [-0.39, 0.29) is 30.4 Å². The molecule has 0 saturated carbocycles. The normalized spacial score (nSPS) is 23.3. The fourth-order valence-corrected chi connectivity index (χ4v) is 6.07. The van der Waals surface area contributed by atoms with Gasteiger partial charge in [-0.2, -0.15) is 0 Å². The fourth-order valence-electron chi connectivity index (χ4n) is 4.61. The Morgan fingerprint density at radius 3 is 2.47 bits per heavy atom. The van der Waals surface area contributed by atoms with Crippen LogP contribution in [0.3, 0.4) is 0 Å². The molecule has 2 aromatic carbocycles. The van der Waals surface area contributed by atoms with Crippen molar-refractivity contribution in [3.05, 3.63) is 77.4 Å². The Bertz CT molecular complexity index is 1150. The first-order valence-corrected chi connectivity index (χ1v) is 12.2. The number of aryl methyl sites for hydroxylation is 1. The summed E-state index contributed by atoms with van der Waals surface area (Å²) in [5.41, 5.74) is 1.31. The maximum Gasteiger partial charge on any atom is 0.322 e. The molecular weight excluding hydrogens is 426 g/mol. The quantitative estimate of drug-likeness (QED) is 0.388. The number of hydrogen-bond acceptors (Lipinski definition) is 5. The summed E-state index contributed by atoms with van der Waals surface area (Å²) in [7, 11) is -4.08. The van der Waals surface area contributed by atoms with E-state index in [1.165, 1.54) is 12.1 Å². The Morgan fingerprint density at radius 2 is 1.78 bits per heavy atom. The predicted octanol–water partition coefficient (Wildman–Crippen LogP) is 4.00. The lowest BCUT2D eigenvalue weighted by Crippen LogP contribution is -2.59. The maximum atomic E-state index is 13.7. The Morgan fingerprint density at radius 1 is 1.09 bits per heavy atom. The van der Waals surface area contributed by atoms with Crippen LogP contribution in [-0.4, -0.2) is 31.1 Å². The van der Waals surface area contributed by atoms with E-state index in [4.69, 9.17) is 4.74 Å². The first-order chi connectivity index (χ1) is 15.2. The van der Waals surface area contributed by atoms with E-state index in [0.29, 0.717) is 12.8 Å². The van der Waals surface area contributed by atoms with Gasteiger partial charge in [-0.15, -0.1) is 0 Å². The average molecular weight is 454 g/mol. The van der Waals surface area contributed by atoms with E-state index in [9.17, 15) is 18.0 Å². The number of allylic oxidation sites excluding steroid dienone is 2. The number of sulfonamides is 1. The molecule has 0 N–H and O–H groups in total. The van der Waals surface area contributed by atoms with Crippen molar-refractivity contribution in [2.75, 3.05) is 6.54 Å². The van der Waals surface area contributed by atoms with E-state index < -0.39 is 27.3 Å². The van der Waals surface area contributed by atoms with Crippen molar-refractivity contribution in [1.82, 2.24) is 4.31 Å². The van der Waals surface area contributed by atoms with Gasteiger partial charge >= 0.3 is 5.97 Å². The Hall–Kier alpha value is -2.93. The van der Waals surface area contributed by atoms with Crippen LogP contribution in [0.15, 0.2) is 71.1 Å². The van der Waals surface area contributed by atoms with E-state index in [0.717, 1.165) is 21.0 Å². The average Bonchev–Trinajstić information content (AvgIpc) is 2.78. The molecule has 0 aromatic heterocycles. The number of nitrogens with zero attached hydrogens (tertiary/aromatic N) is 1. The van der Waals surface area contributed by atoms with Crippen LogP contribution in [0.5, 0.6) is 0 Å². The molecule has 4 rings (SSSR count). The summed E-state index contributed by atoms with van der Waals surface area (Å²) < 4.78 is 33.1. The summed E-state index contributed by atoms with van der Waals surface area (Å²) in [6.45, 7) is 3.93. The molecular formula is C25H27NO5S. The summed E-state index contributed by atoms with van der Waals surface area (Å²) in [4.78, 5) is 27.2. The molecule has 6 nitrogen and oxygen atoms in total. The molecule has 32 heavy (non-hydrogen) atoms. The molecule has 2 aromatic rings. The number of hydrogen-bond donors (Lipinski definition) is 0. The molecule has 2 atom stereocenters. The third kappa shape index (κ3) is 3.86. The number of esters is 1. The highest BCUT2D eigenvalue weighted by Gasteiger charge is 2.59. The lowest BCUT2D eigenvalue weighted by atomic mass is 9.63. The predicted molar refractivity (Wildman–Crippen MR) is 120 cm³/mol. The Balaban J connectivity index is 1.67. The maximum absolute atomic E-state index is 13.7. The summed E-state index contributed by atoms with van der Waals surface area (Å²) in [6, 6.07) is 15.6. The van der Waals surface area contributed by atoms with E-state index in [1.807, 2.05) is 50.3 Å². The standard InChI is InChI=1S/C25H27NO5S/c1-18-8-10-22(11-9-18)32(29,30)26-15-13-21-16-19(2)12-14-25(21,23(26)27)24(28)31-17-20-6-4-3-5-7-20/h3-12,21H,13-17H2,1-2H3/t21-,25-/m1/s1. The minimum Gasteiger partial charge on any atom is -0.460 e. The van der Waals surface area contributed by atoms with Crippen molar-refractivity contribution in [3.63, 3.8) is 0 Å². The van der Waals surface area contributed by atoms with Gasteiger partial charge in [0.05, 0.1) is 4.90 Å². The van der Waals surface area contributed by atoms with Crippen molar-refractivity contribution >= 4 is 21.9 Å². The van der Waals surface area contributed by atoms with Gasteiger partial charge in [-0.3, -0.25) is 9.59 Å². The third-order valence-corrected chi connectivity index (χ3v) is 8.31. The van der Waals surface area contributed by atoms with Gasteiger partial charge in [-0.25, -0.2) is 12.7 Å². The van der Waals surface area contributed by atoms with Crippen LogP contribution in [-0.2, 0) is 31.0 Å². The van der Waals surface area contributed by atoms with Crippen LogP contribution in [0.2, 0.25) is 0 Å². The van der Waals surface area contributed by atoms with Crippen molar-refractivity contribution < 1.29 is 22.7 Å². The van der Waals surface area contributed by atoms with Crippen molar-refractivity contribution in [3.8, 4) is 0 Å². The molecule has 0 spiro atoms. The second kappa shape index (κ2) is 8.54. The van der Waals surface area contributed by atoms with Gasteiger partial charge in [0.15, 0.2) is 5.41 Å². The Kier molecular flexibility index (Phi) is 5.95. The zero-order chi connectivity index (χ0) is 22.9. The van der Waals surface area contributed by atoms with Crippen molar-refractivity contribution in [2.24, 2.45) is 11.3 Å².